The van der Waals surface area contributed by atoms with Gasteiger partial charge in [-0.25, -0.2) is 4.79 Å². The van der Waals surface area contributed by atoms with Crippen molar-refractivity contribution in [3.8, 4) is 16.5 Å². The minimum absolute atomic E-state index is 0.155. The van der Waals surface area contributed by atoms with Crippen molar-refractivity contribution in [3.63, 3.8) is 0 Å². The number of thiophene rings is 1. The molecule has 1 aliphatic heterocycles. The van der Waals surface area contributed by atoms with Crippen LogP contribution < -0.4 is 14.8 Å². The quantitative estimate of drug-likeness (QED) is 0.324. The van der Waals surface area contributed by atoms with E-state index in [2.05, 4.69) is 59.4 Å². The van der Waals surface area contributed by atoms with Gasteiger partial charge in [-0.1, -0.05) is 29.8 Å². The Morgan fingerprint density at radius 2 is 1.70 bits per heavy atom. The Morgan fingerprint density at radius 3 is 2.43 bits per heavy atom. The first-order valence-corrected chi connectivity index (χ1v) is 13.6. The summed E-state index contributed by atoms with van der Waals surface area (Å²) in [6.07, 6.45) is 6.78. The number of urea groups is 1. The van der Waals surface area contributed by atoms with Gasteiger partial charge in [0, 0.05) is 40.5 Å². The first-order chi connectivity index (χ1) is 18.1. The lowest BCUT2D eigenvalue weighted by molar-refractivity contribution is 0.194. The third-order valence-electron chi connectivity index (χ3n) is 7.44. The van der Waals surface area contributed by atoms with E-state index in [1.165, 1.54) is 39.4 Å². The van der Waals surface area contributed by atoms with Gasteiger partial charge in [0.2, 0.25) is 0 Å². The van der Waals surface area contributed by atoms with Crippen molar-refractivity contribution in [2.24, 2.45) is 0 Å². The number of carbonyl (C=O) groups excluding carboxylic acids is 1. The standard InChI is InChI=1S/C30H31N3O3S/c1-19-10-12-20(13-11-19)28-26-8-6-14-32(26)29-25(24-7-4-5-9-27(24)37-29)18-33(28)30(34)31-21-15-22(35-2)17-23(16-21)36-3/h6,8,10-17,28H,4-5,7,9,18H2,1-3H3,(H,31,34)/t28-/m0/s1. The monoisotopic (exact) mass is 513 g/mol. The number of aryl methyl sites for hydroxylation is 2. The fourth-order valence-electron chi connectivity index (χ4n) is 5.56. The van der Waals surface area contributed by atoms with Gasteiger partial charge in [0.15, 0.2) is 0 Å². The topological polar surface area (TPSA) is 55.7 Å². The second kappa shape index (κ2) is 9.63. The Bertz CT molecular complexity index is 1430. The molecule has 6 nitrogen and oxygen atoms in total. The zero-order valence-electron chi connectivity index (χ0n) is 21.4. The molecule has 2 aromatic carbocycles. The minimum atomic E-state index is -0.234. The number of methoxy groups -OCH3 is 2. The van der Waals surface area contributed by atoms with E-state index >= 15 is 0 Å². The second-order valence-electron chi connectivity index (χ2n) is 9.77. The van der Waals surface area contributed by atoms with Crippen molar-refractivity contribution >= 4 is 23.1 Å². The number of nitrogens with zero attached hydrogens (tertiary/aromatic N) is 2. The summed E-state index contributed by atoms with van der Waals surface area (Å²) in [6.45, 7) is 2.64. The van der Waals surface area contributed by atoms with Crippen LogP contribution in [-0.2, 0) is 19.4 Å². The SMILES string of the molecule is COc1cc(NC(=O)N2Cc3c(sc4c3CCCC4)-n3cccc3[C@@H]2c2ccc(C)cc2)cc(OC)c1. The van der Waals surface area contributed by atoms with Crippen LogP contribution >= 0.6 is 11.3 Å². The molecule has 37 heavy (non-hydrogen) atoms. The van der Waals surface area contributed by atoms with Gasteiger partial charge in [0.05, 0.1) is 32.5 Å². The smallest absolute Gasteiger partial charge is 0.322 e. The number of nitrogens with one attached hydrogen (secondary N) is 1. The third-order valence-corrected chi connectivity index (χ3v) is 8.77. The average Bonchev–Trinajstić information content (AvgIpc) is 3.51. The number of amides is 2. The number of carbonyl (C=O) groups is 1. The summed E-state index contributed by atoms with van der Waals surface area (Å²) in [5.41, 5.74) is 6.74. The predicted octanol–water partition coefficient (Wildman–Crippen LogP) is 6.88. The summed E-state index contributed by atoms with van der Waals surface area (Å²) in [5.74, 6) is 1.26. The van der Waals surface area contributed by atoms with Crippen LogP contribution in [0.3, 0.4) is 0 Å². The van der Waals surface area contributed by atoms with Gasteiger partial charge in [0.25, 0.3) is 0 Å². The number of rotatable bonds is 4. The number of benzene rings is 2. The second-order valence-corrected chi connectivity index (χ2v) is 10.9. The van der Waals surface area contributed by atoms with Gasteiger partial charge in [0.1, 0.15) is 16.5 Å². The van der Waals surface area contributed by atoms with Crippen molar-refractivity contribution in [2.45, 2.75) is 45.2 Å². The van der Waals surface area contributed by atoms with Crippen LogP contribution in [0.2, 0.25) is 0 Å². The van der Waals surface area contributed by atoms with E-state index in [1.807, 2.05) is 28.4 Å². The highest BCUT2D eigenvalue weighted by Crippen LogP contribution is 2.44. The molecule has 1 aliphatic carbocycles. The van der Waals surface area contributed by atoms with E-state index in [0.717, 1.165) is 24.1 Å². The maximum absolute atomic E-state index is 14.1. The highest BCUT2D eigenvalue weighted by atomic mass is 32.1. The summed E-state index contributed by atoms with van der Waals surface area (Å²) >= 11 is 1.90. The molecule has 2 aliphatic rings. The van der Waals surface area contributed by atoms with Gasteiger partial charge in [-0.2, -0.15) is 0 Å². The number of hydrogen-bond acceptors (Lipinski definition) is 4. The predicted molar refractivity (Wildman–Crippen MR) is 147 cm³/mol. The van der Waals surface area contributed by atoms with Crippen LogP contribution in [0, 0.1) is 6.92 Å². The molecule has 0 unspecified atom stereocenters. The molecule has 190 valence electrons. The summed E-state index contributed by atoms with van der Waals surface area (Å²) in [4.78, 5) is 17.6. The fraction of sp³-hybridized carbons (Fsp3) is 0.300. The molecule has 4 aromatic rings. The molecule has 0 saturated heterocycles. The Balaban J connectivity index is 1.47. The number of fused-ring (bicyclic) bond motifs is 5. The Morgan fingerprint density at radius 1 is 0.973 bits per heavy atom. The molecule has 0 spiro atoms. The Kier molecular flexibility index (Phi) is 6.16. The summed E-state index contributed by atoms with van der Waals surface area (Å²) < 4.78 is 13.2. The van der Waals surface area contributed by atoms with Crippen LogP contribution in [0.1, 0.15) is 51.7 Å². The highest BCUT2D eigenvalue weighted by Gasteiger charge is 2.36. The first-order valence-electron chi connectivity index (χ1n) is 12.7. The molecule has 2 amide bonds. The molecule has 7 heteroatoms. The third kappa shape index (κ3) is 4.27. The number of ether oxygens (including phenoxy) is 2. The lowest BCUT2D eigenvalue weighted by atomic mass is 9.95. The van der Waals surface area contributed by atoms with E-state index < -0.39 is 0 Å². The zero-order valence-corrected chi connectivity index (χ0v) is 22.2. The van der Waals surface area contributed by atoms with Gasteiger partial charge in [-0.05, 0) is 55.9 Å². The van der Waals surface area contributed by atoms with Crippen molar-refractivity contribution in [1.29, 1.82) is 0 Å². The molecule has 0 fully saturated rings. The van der Waals surface area contributed by atoms with Gasteiger partial charge in [-0.15, -0.1) is 11.3 Å². The number of anilines is 1. The first kappa shape index (κ1) is 23.7. The van der Waals surface area contributed by atoms with Crippen LogP contribution in [0.25, 0.3) is 5.00 Å². The minimum Gasteiger partial charge on any atom is -0.497 e. The van der Waals surface area contributed by atoms with Crippen LogP contribution in [0.4, 0.5) is 10.5 Å². The van der Waals surface area contributed by atoms with Crippen molar-refractivity contribution < 1.29 is 14.3 Å². The van der Waals surface area contributed by atoms with Crippen LogP contribution in [-0.4, -0.2) is 29.7 Å². The van der Waals surface area contributed by atoms with Crippen molar-refractivity contribution in [1.82, 2.24) is 9.47 Å². The van der Waals surface area contributed by atoms with Crippen LogP contribution in [0.15, 0.2) is 60.8 Å². The molecule has 1 atom stereocenters. The van der Waals surface area contributed by atoms with Gasteiger partial charge in [-0.3, -0.25) is 0 Å². The lowest BCUT2D eigenvalue weighted by Crippen LogP contribution is -2.38. The summed E-state index contributed by atoms with van der Waals surface area (Å²) in [5, 5.41) is 4.40. The molecule has 0 saturated carbocycles. The van der Waals surface area contributed by atoms with Gasteiger partial charge < -0.3 is 24.3 Å². The normalized spacial score (nSPS) is 16.3. The molecule has 0 radical (unpaired) electrons. The Labute approximate surface area is 221 Å². The Hall–Kier alpha value is -3.71. The van der Waals surface area contributed by atoms with E-state index in [4.69, 9.17) is 9.47 Å². The molecule has 3 heterocycles. The fourth-order valence-corrected chi connectivity index (χ4v) is 6.96. The maximum atomic E-state index is 14.1. The molecular weight excluding hydrogens is 482 g/mol. The van der Waals surface area contributed by atoms with E-state index in [9.17, 15) is 4.79 Å². The number of aromatic nitrogens is 1. The summed E-state index contributed by atoms with van der Waals surface area (Å²) in [6, 6.07) is 17.8. The van der Waals surface area contributed by atoms with Gasteiger partial charge >= 0.3 is 6.03 Å². The molecule has 1 N–H and O–H groups in total. The lowest BCUT2D eigenvalue weighted by Gasteiger charge is -2.31. The molecule has 6 rings (SSSR count). The highest BCUT2D eigenvalue weighted by molar-refractivity contribution is 7.15. The average molecular weight is 514 g/mol. The van der Waals surface area contributed by atoms with E-state index in [0.29, 0.717) is 23.7 Å². The molecule has 2 aromatic heterocycles. The molecule has 0 bridgehead atoms. The van der Waals surface area contributed by atoms with Crippen molar-refractivity contribution in [2.75, 3.05) is 19.5 Å². The van der Waals surface area contributed by atoms with E-state index in [1.54, 1.807) is 20.3 Å². The number of hydrogen-bond donors (Lipinski definition) is 1. The van der Waals surface area contributed by atoms with Crippen LogP contribution in [0.5, 0.6) is 11.5 Å². The zero-order chi connectivity index (χ0) is 25.5. The van der Waals surface area contributed by atoms with Crippen molar-refractivity contribution in [3.05, 3.63) is 93.6 Å². The summed E-state index contributed by atoms with van der Waals surface area (Å²) in [7, 11) is 3.22. The largest absolute Gasteiger partial charge is 0.497 e. The van der Waals surface area contributed by atoms with E-state index in [-0.39, 0.29) is 12.1 Å². The maximum Gasteiger partial charge on any atom is 0.322 e. The molecular formula is C30H31N3O3S.